The Morgan fingerprint density at radius 3 is 2.60 bits per heavy atom. The third-order valence-corrected chi connectivity index (χ3v) is 5.69. The molecule has 1 aliphatic heterocycles. The van der Waals surface area contributed by atoms with Crippen LogP contribution in [-0.4, -0.2) is 29.9 Å². The molecule has 3 heteroatoms. The predicted octanol–water partition coefficient (Wildman–Crippen LogP) is 3.43. The molecule has 0 radical (unpaired) electrons. The van der Waals surface area contributed by atoms with Gasteiger partial charge in [0.25, 0.3) is 5.91 Å². The SMILES string of the molecule is CC1CN(Cc2ccccc2)CCC1NC(=O)c1ccc2c(c1)CC2. The van der Waals surface area contributed by atoms with E-state index in [4.69, 9.17) is 0 Å². The van der Waals surface area contributed by atoms with E-state index in [1.54, 1.807) is 0 Å². The summed E-state index contributed by atoms with van der Waals surface area (Å²) in [6.45, 7) is 5.31. The van der Waals surface area contributed by atoms with Crippen LogP contribution in [0.2, 0.25) is 0 Å². The highest BCUT2D eigenvalue weighted by Gasteiger charge is 2.27. The fraction of sp³-hybridized carbons (Fsp3) is 0.409. The number of rotatable bonds is 4. The van der Waals surface area contributed by atoms with Gasteiger partial charge < -0.3 is 5.32 Å². The summed E-state index contributed by atoms with van der Waals surface area (Å²) in [5.74, 6) is 0.552. The lowest BCUT2D eigenvalue weighted by molar-refractivity contribution is 0.0860. The number of likely N-dealkylation sites (tertiary alicyclic amines) is 1. The number of fused-ring (bicyclic) bond motifs is 1. The van der Waals surface area contributed by atoms with Crippen molar-refractivity contribution in [3.63, 3.8) is 0 Å². The van der Waals surface area contributed by atoms with Gasteiger partial charge in [-0.15, -0.1) is 0 Å². The van der Waals surface area contributed by atoms with Crippen LogP contribution in [-0.2, 0) is 19.4 Å². The summed E-state index contributed by atoms with van der Waals surface area (Å²) in [5, 5.41) is 3.27. The summed E-state index contributed by atoms with van der Waals surface area (Å²) >= 11 is 0. The third-order valence-electron chi connectivity index (χ3n) is 5.69. The van der Waals surface area contributed by atoms with Gasteiger partial charge in [0.1, 0.15) is 0 Å². The number of carbonyl (C=O) groups is 1. The molecule has 4 rings (SSSR count). The van der Waals surface area contributed by atoms with E-state index in [1.165, 1.54) is 16.7 Å². The van der Waals surface area contributed by atoms with Gasteiger partial charge in [-0.25, -0.2) is 0 Å². The van der Waals surface area contributed by atoms with Crippen LogP contribution in [0.1, 0.15) is 40.4 Å². The van der Waals surface area contributed by atoms with Crippen LogP contribution >= 0.6 is 0 Å². The number of nitrogens with one attached hydrogen (secondary N) is 1. The molecule has 1 heterocycles. The van der Waals surface area contributed by atoms with Crippen LogP contribution in [0.3, 0.4) is 0 Å². The highest BCUT2D eigenvalue weighted by Crippen LogP contribution is 2.24. The maximum atomic E-state index is 12.6. The van der Waals surface area contributed by atoms with Gasteiger partial charge in [-0.1, -0.05) is 43.3 Å². The summed E-state index contributed by atoms with van der Waals surface area (Å²) < 4.78 is 0. The number of benzene rings is 2. The molecular formula is C22H26N2O. The lowest BCUT2D eigenvalue weighted by Crippen LogP contribution is -2.49. The van der Waals surface area contributed by atoms with Gasteiger partial charge in [0.15, 0.2) is 0 Å². The van der Waals surface area contributed by atoms with Gasteiger partial charge in [-0.2, -0.15) is 0 Å². The van der Waals surface area contributed by atoms with Crippen LogP contribution in [0.25, 0.3) is 0 Å². The fourth-order valence-electron chi connectivity index (χ4n) is 4.02. The fourth-order valence-corrected chi connectivity index (χ4v) is 4.02. The van der Waals surface area contributed by atoms with Gasteiger partial charge in [0.2, 0.25) is 0 Å². The first-order valence-corrected chi connectivity index (χ1v) is 9.38. The Bertz CT molecular complexity index is 756. The van der Waals surface area contributed by atoms with Crippen LogP contribution in [0.15, 0.2) is 48.5 Å². The first-order chi connectivity index (χ1) is 12.2. The highest BCUT2D eigenvalue weighted by molar-refractivity contribution is 5.94. The molecule has 25 heavy (non-hydrogen) atoms. The number of aryl methyl sites for hydroxylation is 2. The molecule has 1 saturated heterocycles. The van der Waals surface area contributed by atoms with Gasteiger partial charge in [0.05, 0.1) is 0 Å². The number of amides is 1. The zero-order valence-electron chi connectivity index (χ0n) is 14.9. The average molecular weight is 334 g/mol. The van der Waals surface area contributed by atoms with Crippen LogP contribution in [0.4, 0.5) is 0 Å². The van der Waals surface area contributed by atoms with E-state index in [1.807, 2.05) is 6.07 Å². The maximum Gasteiger partial charge on any atom is 0.251 e. The smallest absolute Gasteiger partial charge is 0.251 e. The van der Waals surface area contributed by atoms with Gasteiger partial charge >= 0.3 is 0 Å². The molecule has 2 unspecified atom stereocenters. The molecular weight excluding hydrogens is 308 g/mol. The van der Waals surface area contributed by atoms with Crippen LogP contribution in [0.5, 0.6) is 0 Å². The Morgan fingerprint density at radius 1 is 1.12 bits per heavy atom. The Labute approximate surface area is 150 Å². The Balaban J connectivity index is 1.33. The van der Waals surface area contributed by atoms with Crippen molar-refractivity contribution in [2.45, 2.75) is 38.8 Å². The Kier molecular flexibility index (Phi) is 4.58. The van der Waals surface area contributed by atoms with Crippen molar-refractivity contribution in [3.05, 3.63) is 70.8 Å². The quantitative estimate of drug-likeness (QED) is 0.929. The normalized spacial score (nSPS) is 22.8. The first kappa shape index (κ1) is 16.3. The third kappa shape index (κ3) is 3.62. The molecule has 0 spiro atoms. The van der Waals surface area contributed by atoms with Crippen molar-refractivity contribution in [1.29, 1.82) is 0 Å². The Hall–Kier alpha value is -2.13. The highest BCUT2D eigenvalue weighted by atomic mass is 16.1. The van der Waals surface area contributed by atoms with E-state index >= 15 is 0 Å². The molecule has 1 aliphatic carbocycles. The minimum atomic E-state index is 0.0862. The molecule has 2 aromatic rings. The lowest BCUT2D eigenvalue weighted by atomic mass is 9.87. The molecule has 2 atom stereocenters. The molecule has 0 aromatic heterocycles. The molecule has 2 aliphatic rings. The molecule has 3 nitrogen and oxygen atoms in total. The summed E-state index contributed by atoms with van der Waals surface area (Å²) in [4.78, 5) is 15.1. The summed E-state index contributed by atoms with van der Waals surface area (Å²) in [6, 6.07) is 17.1. The summed E-state index contributed by atoms with van der Waals surface area (Å²) in [5.41, 5.74) is 4.93. The number of hydrogen-bond donors (Lipinski definition) is 1. The van der Waals surface area contributed by atoms with Crippen molar-refractivity contribution in [2.24, 2.45) is 5.92 Å². The van der Waals surface area contributed by atoms with Crippen molar-refractivity contribution < 1.29 is 4.79 Å². The summed E-state index contributed by atoms with van der Waals surface area (Å²) in [7, 11) is 0. The van der Waals surface area contributed by atoms with E-state index in [0.29, 0.717) is 5.92 Å². The number of hydrogen-bond acceptors (Lipinski definition) is 2. The molecule has 2 aromatic carbocycles. The van der Waals surface area contributed by atoms with E-state index in [9.17, 15) is 4.79 Å². The Morgan fingerprint density at radius 2 is 1.92 bits per heavy atom. The second-order valence-corrected chi connectivity index (χ2v) is 7.55. The van der Waals surface area contributed by atoms with Crippen molar-refractivity contribution >= 4 is 5.91 Å². The molecule has 0 bridgehead atoms. The van der Waals surface area contributed by atoms with Crippen LogP contribution in [0, 0.1) is 5.92 Å². The second kappa shape index (κ2) is 7.01. The molecule has 1 N–H and O–H groups in total. The first-order valence-electron chi connectivity index (χ1n) is 9.38. The van der Waals surface area contributed by atoms with Crippen LogP contribution < -0.4 is 5.32 Å². The van der Waals surface area contributed by atoms with Gasteiger partial charge in [0, 0.05) is 31.2 Å². The average Bonchev–Trinajstić information content (AvgIpc) is 2.59. The standard InChI is InChI=1S/C22H26N2O/c1-16-14-24(15-17-5-3-2-4-6-17)12-11-21(16)23-22(25)20-10-8-18-7-9-19(18)13-20/h2-6,8,10,13,16,21H,7,9,11-12,14-15H2,1H3,(H,23,25). The minimum absolute atomic E-state index is 0.0862. The maximum absolute atomic E-state index is 12.6. The molecule has 1 fully saturated rings. The topological polar surface area (TPSA) is 32.3 Å². The number of carbonyl (C=O) groups excluding carboxylic acids is 1. The van der Waals surface area contributed by atoms with Gasteiger partial charge in [-0.3, -0.25) is 9.69 Å². The van der Waals surface area contributed by atoms with E-state index < -0.39 is 0 Å². The van der Waals surface area contributed by atoms with Crippen molar-refractivity contribution in [2.75, 3.05) is 13.1 Å². The van der Waals surface area contributed by atoms with Gasteiger partial charge in [-0.05, 0) is 54.0 Å². The van der Waals surface area contributed by atoms with E-state index in [0.717, 1.165) is 44.5 Å². The molecule has 130 valence electrons. The predicted molar refractivity (Wildman–Crippen MR) is 101 cm³/mol. The molecule has 1 amide bonds. The zero-order chi connectivity index (χ0) is 17.2. The lowest BCUT2D eigenvalue weighted by Gasteiger charge is -2.37. The van der Waals surface area contributed by atoms with Crippen molar-refractivity contribution in [3.8, 4) is 0 Å². The van der Waals surface area contributed by atoms with Crippen molar-refractivity contribution in [1.82, 2.24) is 10.2 Å². The second-order valence-electron chi connectivity index (χ2n) is 7.55. The largest absolute Gasteiger partial charge is 0.349 e. The number of piperidine rings is 1. The summed E-state index contributed by atoms with van der Waals surface area (Å²) in [6.07, 6.45) is 3.30. The number of nitrogens with zero attached hydrogens (tertiary/aromatic N) is 1. The molecule has 0 saturated carbocycles. The minimum Gasteiger partial charge on any atom is -0.349 e. The monoisotopic (exact) mass is 334 g/mol. The zero-order valence-corrected chi connectivity index (χ0v) is 14.9. The van der Waals surface area contributed by atoms with E-state index in [2.05, 4.69) is 59.6 Å². The van der Waals surface area contributed by atoms with E-state index in [-0.39, 0.29) is 11.9 Å².